The minimum Gasteiger partial charge on any atom is -0.369 e. The van der Waals surface area contributed by atoms with Crippen molar-refractivity contribution >= 4 is 17.0 Å². The Hall–Kier alpha value is -1.39. The van der Waals surface area contributed by atoms with Gasteiger partial charge in [-0.2, -0.15) is 0 Å². The Morgan fingerprint density at radius 1 is 1.26 bits per heavy atom. The maximum atomic E-state index is 4.31. The van der Waals surface area contributed by atoms with Gasteiger partial charge in [-0.3, -0.25) is 0 Å². The van der Waals surface area contributed by atoms with Crippen LogP contribution >= 0.6 is 11.3 Å². The van der Waals surface area contributed by atoms with Crippen LogP contribution in [0.5, 0.6) is 0 Å². The van der Waals surface area contributed by atoms with Crippen LogP contribution < -0.4 is 10.2 Å². The lowest BCUT2D eigenvalue weighted by atomic mass is 10.2. The Labute approximate surface area is 119 Å². The van der Waals surface area contributed by atoms with E-state index >= 15 is 0 Å². The van der Waals surface area contributed by atoms with Gasteiger partial charge in [-0.25, -0.2) is 4.98 Å². The highest BCUT2D eigenvalue weighted by Crippen LogP contribution is 2.16. The van der Waals surface area contributed by atoms with Gasteiger partial charge in [-0.15, -0.1) is 11.3 Å². The van der Waals surface area contributed by atoms with Crippen LogP contribution in [0.1, 0.15) is 25.1 Å². The van der Waals surface area contributed by atoms with Crippen molar-refractivity contribution in [1.29, 1.82) is 0 Å². The molecular formula is C15H21N3S. The van der Waals surface area contributed by atoms with Gasteiger partial charge in [0.2, 0.25) is 0 Å². The summed E-state index contributed by atoms with van der Waals surface area (Å²) in [6, 6.07) is 9.23. The molecule has 0 radical (unpaired) electrons. The molecule has 1 N–H and O–H groups in total. The fourth-order valence-corrected chi connectivity index (χ4v) is 2.39. The van der Waals surface area contributed by atoms with Crippen LogP contribution in [0.3, 0.4) is 0 Å². The minimum atomic E-state index is 0.520. The van der Waals surface area contributed by atoms with Gasteiger partial charge in [0.25, 0.3) is 0 Å². The molecule has 0 aliphatic heterocycles. The molecule has 0 saturated carbocycles. The second kappa shape index (κ2) is 6.68. The molecule has 4 heteroatoms. The standard InChI is InChI=1S/C15H21N3S/c1-12(2)16-8-13-4-6-15(7-5-13)18(3)9-14-10-19-11-17-14/h4-7,10-12,16H,8-9H2,1-3H3. The SMILES string of the molecule is CC(C)NCc1ccc(N(C)Cc2cscn2)cc1. The van der Waals surface area contributed by atoms with Crippen molar-refractivity contribution in [2.24, 2.45) is 0 Å². The maximum absolute atomic E-state index is 4.31. The van der Waals surface area contributed by atoms with Crippen LogP contribution in [0.25, 0.3) is 0 Å². The summed E-state index contributed by atoms with van der Waals surface area (Å²) in [6.07, 6.45) is 0. The monoisotopic (exact) mass is 275 g/mol. The van der Waals surface area contributed by atoms with Crippen LogP contribution in [0.15, 0.2) is 35.2 Å². The Morgan fingerprint density at radius 2 is 2.00 bits per heavy atom. The number of nitrogens with one attached hydrogen (secondary N) is 1. The van der Waals surface area contributed by atoms with Gasteiger partial charge in [0.05, 0.1) is 17.7 Å². The third-order valence-electron chi connectivity index (χ3n) is 2.97. The highest BCUT2D eigenvalue weighted by molar-refractivity contribution is 7.07. The molecule has 0 fully saturated rings. The molecule has 2 rings (SSSR count). The van der Waals surface area contributed by atoms with Crippen molar-refractivity contribution in [2.75, 3.05) is 11.9 Å². The summed E-state index contributed by atoms with van der Waals surface area (Å²) < 4.78 is 0. The predicted octanol–water partition coefficient (Wildman–Crippen LogP) is 3.28. The summed E-state index contributed by atoms with van der Waals surface area (Å²) in [4.78, 5) is 6.53. The molecule has 0 bridgehead atoms. The number of aromatic nitrogens is 1. The summed E-state index contributed by atoms with van der Waals surface area (Å²) in [7, 11) is 2.10. The van der Waals surface area contributed by atoms with Gasteiger partial charge < -0.3 is 10.2 Å². The molecule has 0 saturated heterocycles. The number of nitrogens with zero attached hydrogens (tertiary/aromatic N) is 2. The molecule has 19 heavy (non-hydrogen) atoms. The van der Waals surface area contributed by atoms with E-state index in [1.54, 1.807) is 11.3 Å². The van der Waals surface area contributed by atoms with E-state index in [4.69, 9.17) is 0 Å². The molecule has 2 aromatic rings. The first-order chi connectivity index (χ1) is 9.15. The molecule has 0 atom stereocenters. The molecule has 0 spiro atoms. The number of benzene rings is 1. The van der Waals surface area contributed by atoms with Crippen molar-refractivity contribution in [1.82, 2.24) is 10.3 Å². The van der Waals surface area contributed by atoms with Gasteiger partial charge in [0, 0.05) is 30.7 Å². The van der Waals surface area contributed by atoms with Crippen LogP contribution in [0.4, 0.5) is 5.69 Å². The number of thiazole rings is 1. The van der Waals surface area contributed by atoms with Crippen LogP contribution in [0, 0.1) is 0 Å². The molecule has 0 aliphatic carbocycles. The average molecular weight is 275 g/mol. The molecule has 1 heterocycles. The number of hydrogen-bond acceptors (Lipinski definition) is 4. The molecule has 0 unspecified atom stereocenters. The Morgan fingerprint density at radius 3 is 2.58 bits per heavy atom. The van der Waals surface area contributed by atoms with Gasteiger partial charge in [0.1, 0.15) is 0 Å². The second-order valence-corrected chi connectivity index (χ2v) is 5.76. The number of rotatable bonds is 6. The molecule has 1 aromatic carbocycles. The zero-order chi connectivity index (χ0) is 13.7. The lowest BCUT2D eigenvalue weighted by molar-refractivity contribution is 0.589. The third-order valence-corrected chi connectivity index (χ3v) is 3.61. The normalized spacial score (nSPS) is 10.9. The second-order valence-electron chi connectivity index (χ2n) is 5.04. The zero-order valence-corrected chi connectivity index (χ0v) is 12.6. The van der Waals surface area contributed by atoms with E-state index in [1.165, 1.54) is 11.3 Å². The molecule has 0 aliphatic rings. The van der Waals surface area contributed by atoms with Gasteiger partial charge in [-0.1, -0.05) is 26.0 Å². The maximum Gasteiger partial charge on any atom is 0.0795 e. The summed E-state index contributed by atoms with van der Waals surface area (Å²) in [5, 5.41) is 5.52. The summed E-state index contributed by atoms with van der Waals surface area (Å²) in [5.41, 5.74) is 5.54. The van der Waals surface area contributed by atoms with E-state index < -0.39 is 0 Å². The van der Waals surface area contributed by atoms with E-state index in [9.17, 15) is 0 Å². The van der Waals surface area contributed by atoms with E-state index in [2.05, 4.69) is 65.7 Å². The first-order valence-electron chi connectivity index (χ1n) is 6.55. The van der Waals surface area contributed by atoms with Crippen molar-refractivity contribution in [3.05, 3.63) is 46.4 Å². The molecule has 0 amide bonds. The van der Waals surface area contributed by atoms with Gasteiger partial charge in [-0.05, 0) is 17.7 Å². The fourth-order valence-electron chi connectivity index (χ4n) is 1.84. The highest BCUT2D eigenvalue weighted by Gasteiger charge is 2.04. The average Bonchev–Trinajstić information content (AvgIpc) is 2.89. The Bertz CT molecular complexity index is 477. The van der Waals surface area contributed by atoms with Crippen molar-refractivity contribution in [3.8, 4) is 0 Å². The minimum absolute atomic E-state index is 0.520. The largest absolute Gasteiger partial charge is 0.369 e. The summed E-state index contributed by atoms with van der Waals surface area (Å²) in [5.74, 6) is 0. The summed E-state index contributed by atoms with van der Waals surface area (Å²) in [6.45, 7) is 6.10. The zero-order valence-electron chi connectivity index (χ0n) is 11.8. The van der Waals surface area contributed by atoms with Crippen LogP contribution in [-0.4, -0.2) is 18.1 Å². The van der Waals surface area contributed by atoms with Gasteiger partial charge in [0.15, 0.2) is 0 Å². The first kappa shape index (κ1) is 14.0. The highest BCUT2D eigenvalue weighted by atomic mass is 32.1. The molecular weight excluding hydrogens is 254 g/mol. The van der Waals surface area contributed by atoms with Crippen molar-refractivity contribution in [2.45, 2.75) is 33.0 Å². The van der Waals surface area contributed by atoms with Crippen LogP contribution in [-0.2, 0) is 13.1 Å². The Balaban J connectivity index is 1.93. The van der Waals surface area contributed by atoms with E-state index in [0.29, 0.717) is 6.04 Å². The van der Waals surface area contributed by atoms with E-state index in [1.807, 2.05) is 5.51 Å². The predicted molar refractivity (Wildman–Crippen MR) is 82.6 cm³/mol. The smallest absolute Gasteiger partial charge is 0.0795 e. The van der Waals surface area contributed by atoms with Gasteiger partial charge >= 0.3 is 0 Å². The van der Waals surface area contributed by atoms with E-state index in [0.717, 1.165) is 18.8 Å². The molecule has 3 nitrogen and oxygen atoms in total. The molecule has 1 aromatic heterocycles. The Kier molecular flexibility index (Phi) is 4.93. The lowest BCUT2D eigenvalue weighted by Crippen LogP contribution is -2.22. The lowest BCUT2D eigenvalue weighted by Gasteiger charge is -2.18. The molecule has 102 valence electrons. The topological polar surface area (TPSA) is 28.2 Å². The third kappa shape index (κ3) is 4.33. The first-order valence-corrected chi connectivity index (χ1v) is 7.50. The van der Waals surface area contributed by atoms with Crippen molar-refractivity contribution in [3.63, 3.8) is 0 Å². The van der Waals surface area contributed by atoms with Crippen LogP contribution in [0.2, 0.25) is 0 Å². The number of anilines is 1. The van der Waals surface area contributed by atoms with E-state index in [-0.39, 0.29) is 0 Å². The number of hydrogen-bond donors (Lipinski definition) is 1. The summed E-state index contributed by atoms with van der Waals surface area (Å²) >= 11 is 1.64. The van der Waals surface area contributed by atoms with Crippen molar-refractivity contribution < 1.29 is 0 Å². The fraction of sp³-hybridized carbons (Fsp3) is 0.400. The quantitative estimate of drug-likeness (QED) is 0.877.